The Morgan fingerprint density at radius 3 is 1.73 bits per heavy atom. The summed E-state index contributed by atoms with van der Waals surface area (Å²) >= 11 is 0. The van der Waals surface area contributed by atoms with Gasteiger partial charge in [-0.1, -0.05) is 0 Å². The number of nitrogens with zero attached hydrogens (tertiary/aromatic N) is 1. The van der Waals surface area contributed by atoms with Crippen LogP contribution in [0.25, 0.3) is 22.0 Å². The van der Waals surface area contributed by atoms with E-state index in [1.54, 1.807) is 77.0 Å². The van der Waals surface area contributed by atoms with Gasteiger partial charge in [-0.2, -0.15) is 4.57 Å². The minimum atomic E-state index is 0.0424. The van der Waals surface area contributed by atoms with E-state index < -0.39 is 0 Å². The average molecular weight is 665 g/mol. The van der Waals surface area contributed by atoms with E-state index in [0.29, 0.717) is 24.3 Å². The minimum Gasteiger partial charge on any atom is -0.493 e. The molecule has 0 saturated heterocycles. The normalized spacial score (nSPS) is 11.3. The number of nitrogens with two attached hydrogens (primary N) is 2. The van der Waals surface area contributed by atoms with E-state index in [9.17, 15) is 0 Å². The van der Waals surface area contributed by atoms with Crippen molar-refractivity contribution in [2.24, 2.45) is 11.5 Å². The first kappa shape index (κ1) is 34.4. The maximum absolute atomic E-state index is 7.32. The summed E-state index contributed by atoms with van der Waals surface area (Å²) in [6.07, 6.45) is 3.82. The molecule has 4 aromatic carbocycles. The first-order valence-electron chi connectivity index (χ1n) is 15.7. The van der Waals surface area contributed by atoms with Gasteiger partial charge in [-0.05, 0) is 83.7 Å². The third-order valence-electron chi connectivity index (χ3n) is 8.17. The monoisotopic (exact) mass is 664 g/mol. The van der Waals surface area contributed by atoms with Crippen molar-refractivity contribution in [3.8, 4) is 45.8 Å². The SMILES string of the molecule is COc1cc2c(cc1OC)-c1cc3ccc(OC)c(OC)c3c[n+]1CC2.N=C(N)c1ccc(OCCCOc2ccc(C(=N)N)cc2)cc1. The van der Waals surface area contributed by atoms with Gasteiger partial charge >= 0.3 is 0 Å². The zero-order valence-electron chi connectivity index (χ0n) is 28.2. The van der Waals surface area contributed by atoms with E-state index in [1.165, 1.54) is 11.1 Å². The molecule has 0 atom stereocenters. The van der Waals surface area contributed by atoms with Crippen LogP contribution in [-0.2, 0) is 13.0 Å². The molecule has 6 N–H and O–H groups in total. The highest BCUT2D eigenvalue weighted by atomic mass is 16.5. The van der Waals surface area contributed by atoms with Crippen LogP contribution < -0.4 is 44.5 Å². The summed E-state index contributed by atoms with van der Waals surface area (Å²) in [6.45, 7) is 1.96. The summed E-state index contributed by atoms with van der Waals surface area (Å²) in [5.74, 6) is 4.57. The molecular formula is C38H42N5O6+. The van der Waals surface area contributed by atoms with Crippen molar-refractivity contribution in [1.29, 1.82) is 10.8 Å². The van der Waals surface area contributed by atoms with Crippen molar-refractivity contribution in [3.63, 3.8) is 0 Å². The van der Waals surface area contributed by atoms with E-state index in [0.717, 1.165) is 70.3 Å². The Labute approximate surface area is 285 Å². The summed E-state index contributed by atoms with van der Waals surface area (Å²) in [5.41, 5.74) is 15.7. The highest BCUT2D eigenvalue weighted by molar-refractivity contribution is 5.95. The van der Waals surface area contributed by atoms with Crippen molar-refractivity contribution in [2.45, 2.75) is 19.4 Å². The molecule has 1 aliphatic rings. The molecule has 1 aromatic heterocycles. The third kappa shape index (κ3) is 7.95. The maximum atomic E-state index is 7.32. The standard InChI is InChI=1S/C21H22NO4.C17H20N4O2/c1-23-18-6-5-13-9-17-15-11-20(25-3)19(24-2)10-14(15)7-8-22(17)12-16(13)21(18)26-4;18-16(19)12-2-6-14(7-3-12)22-10-1-11-23-15-8-4-13(5-9-15)17(20)21/h5-6,9-12H,7-8H2,1-4H3;2-9H,1,10-11H2,(H3,18,19)(H3,20,21)/q+1;. The lowest BCUT2D eigenvalue weighted by Crippen LogP contribution is -2.40. The number of hydrogen-bond donors (Lipinski definition) is 4. The number of benzene rings is 4. The Balaban J connectivity index is 0.000000193. The molecule has 0 fully saturated rings. The summed E-state index contributed by atoms with van der Waals surface area (Å²) in [4.78, 5) is 0. The van der Waals surface area contributed by atoms with Gasteiger partial charge in [0.2, 0.25) is 5.69 Å². The van der Waals surface area contributed by atoms with Crippen LogP contribution in [0.1, 0.15) is 23.1 Å². The number of hydrogen-bond acceptors (Lipinski definition) is 8. The molecule has 0 bridgehead atoms. The number of nitrogen functional groups attached to an aromatic ring is 2. The van der Waals surface area contributed by atoms with Crippen molar-refractivity contribution in [3.05, 3.63) is 102 Å². The summed E-state index contributed by atoms with van der Waals surface area (Å²) < 4.78 is 35.4. The number of pyridine rings is 1. The lowest BCUT2D eigenvalue weighted by atomic mass is 9.95. The molecule has 0 amide bonds. The van der Waals surface area contributed by atoms with Gasteiger partial charge in [0, 0.05) is 30.0 Å². The zero-order valence-corrected chi connectivity index (χ0v) is 28.2. The fourth-order valence-corrected chi connectivity index (χ4v) is 5.61. The van der Waals surface area contributed by atoms with Gasteiger partial charge < -0.3 is 39.9 Å². The van der Waals surface area contributed by atoms with E-state index in [4.69, 9.17) is 50.7 Å². The van der Waals surface area contributed by atoms with Gasteiger partial charge in [-0.15, -0.1) is 0 Å². The van der Waals surface area contributed by atoms with Crippen LogP contribution in [0.4, 0.5) is 0 Å². The van der Waals surface area contributed by atoms with Crippen molar-refractivity contribution >= 4 is 22.4 Å². The van der Waals surface area contributed by atoms with Gasteiger partial charge in [0.15, 0.2) is 35.7 Å². The van der Waals surface area contributed by atoms with Crippen molar-refractivity contribution in [1.82, 2.24) is 0 Å². The molecule has 0 radical (unpaired) electrons. The van der Waals surface area contributed by atoms with E-state index >= 15 is 0 Å². The summed E-state index contributed by atoms with van der Waals surface area (Å²) in [7, 11) is 6.67. The van der Waals surface area contributed by atoms with E-state index in [2.05, 4.69) is 35.0 Å². The molecule has 6 rings (SSSR count). The lowest BCUT2D eigenvalue weighted by molar-refractivity contribution is -0.686. The predicted octanol–water partition coefficient (Wildman–Crippen LogP) is 5.49. The Morgan fingerprint density at radius 1 is 0.673 bits per heavy atom. The molecule has 0 unspecified atom stereocenters. The molecule has 49 heavy (non-hydrogen) atoms. The molecule has 0 aliphatic carbocycles. The van der Waals surface area contributed by atoms with E-state index in [1.807, 2.05) is 6.07 Å². The third-order valence-corrected chi connectivity index (χ3v) is 8.17. The largest absolute Gasteiger partial charge is 0.493 e. The number of aromatic nitrogens is 1. The molecule has 1 aliphatic heterocycles. The Morgan fingerprint density at radius 2 is 1.22 bits per heavy atom. The average Bonchev–Trinajstić information content (AvgIpc) is 3.13. The van der Waals surface area contributed by atoms with Gasteiger partial charge in [0.1, 0.15) is 23.2 Å². The number of aryl methyl sites for hydroxylation is 2. The van der Waals surface area contributed by atoms with Crippen LogP contribution in [0.2, 0.25) is 0 Å². The highest BCUT2D eigenvalue weighted by Gasteiger charge is 2.27. The van der Waals surface area contributed by atoms with E-state index in [-0.39, 0.29) is 11.7 Å². The fraction of sp³-hybridized carbons (Fsp3) is 0.237. The minimum absolute atomic E-state index is 0.0424. The van der Waals surface area contributed by atoms with Gasteiger partial charge in [0.25, 0.3) is 0 Å². The lowest BCUT2D eigenvalue weighted by Gasteiger charge is -2.19. The van der Waals surface area contributed by atoms with Crippen LogP contribution in [0.3, 0.4) is 0 Å². The number of amidine groups is 2. The maximum Gasteiger partial charge on any atom is 0.213 e. The van der Waals surface area contributed by atoms with Crippen molar-refractivity contribution < 1.29 is 33.0 Å². The Kier molecular flexibility index (Phi) is 11.0. The number of methoxy groups -OCH3 is 4. The first-order valence-corrected chi connectivity index (χ1v) is 15.7. The second kappa shape index (κ2) is 15.7. The molecule has 2 heterocycles. The van der Waals surface area contributed by atoms with Crippen LogP contribution in [0, 0.1) is 10.8 Å². The molecule has 254 valence electrons. The molecule has 0 spiro atoms. The number of ether oxygens (including phenoxy) is 6. The highest BCUT2D eigenvalue weighted by Crippen LogP contribution is 2.40. The number of rotatable bonds is 12. The van der Waals surface area contributed by atoms with Gasteiger partial charge in [-0.25, -0.2) is 0 Å². The molecule has 11 heteroatoms. The Hall–Kier alpha value is -5.97. The Bertz CT molecular complexity index is 1890. The second-order valence-corrected chi connectivity index (χ2v) is 11.2. The smallest absolute Gasteiger partial charge is 0.213 e. The van der Waals surface area contributed by atoms with Crippen LogP contribution >= 0.6 is 0 Å². The number of nitrogens with one attached hydrogen (secondary N) is 2. The summed E-state index contributed by atoms with van der Waals surface area (Å²) in [6, 6.07) is 24.5. The quantitative estimate of drug-likeness (QED) is 0.0590. The second-order valence-electron chi connectivity index (χ2n) is 11.2. The van der Waals surface area contributed by atoms with Gasteiger partial charge in [0.05, 0.1) is 52.6 Å². The molecule has 11 nitrogen and oxygen atoms in total. The van der Waals surface area contributed by atoms with Crippen LogP contribution in [0.5, 0.6) is 34.5 Å². The van der Waals surface area contributed by atoms with Crippen LogP contribution in [-0.4, -0.2) is 53.3 Å². The molecule has 5 aromatic rings. The van der Waals surface area contributed by atoms with Crippen molar-refractivity contribution in [2.75, 3.05) is 41.7 Å². The predicted molar refractivity (Wildman–Crippen MR) is 190 cm³/mol. The van der Waals surface area contributed by atoms with Crippen LogP contribution in [0.15, 0.2) is 85.1 Å². The summed E-state index contributed by atoms with van der Waals surface area (Å²) in [5, 5.41) is 16.8. The number of fused-ring (bicyclic) bond motifs is 4. The zero-order chi connectivity index (χ0) is 34.9. The topological polar surface area (TPSA) is 159 Å². The first-order chi connectivity index (χ1) is 23.8. The molecule has 0 saturated carbocycles. The van der Waals surface area contributed by atoms with Gasteiger partial charge in [-0.3, -0.25) is 10.8 Å². The molecular weight excluding hydrogens is 622 g/mol. The fourth-order valence-electron chi connectivity index (χ4n) is 5.61.